The van der Waals surface area contributed by atoms with Crippen molar-refractivity contribution in [1.29, 1.82) is 0 Å². The average molecular weight is 358 g/mol. The molecule has 0 amide bonds. The molecule has 6 nitrogen and oxygen atoms in total. The number of rotatable bonds is 3. The molecule has 130 valence electrons. The van der Waals surface area contributed by atoms with Crippen molar-refractivity contribution in [3.63, 3.8) is 0 Å². The van der Waals surface area contributed by atoms with Crippen LogP contribution in [0.4, 0.5) is 21.2 Å². The van der Waals surface area contributed by atoms with Crippen LogP contribution in [-0.2, 0) is 0 Å². The number of nitrogens with zero attached hydrogens (tertiary/aromatic N) is 5. The van der Waals surface area contributed by atoms with Gasteiger partial charge in [0.1, 0.15) is 23.3 Å². The molecular formula is C17H19FN6S. The molecule has 0 bridgehead atoms. The van der Waals surface area contributed by atoms with Gasteiger partial charge in [-0.2, -0.15) is 0 Å². The van der Waals surface area contributed by atoms with Crippen molar-refractivity contribution in [3.05, 3.63) is 35.9 Å². The molecule has 1 N–H and O–H groups in total. The van der Waals surface area contributed by atoms with Crippen LogP contribution in [0.15, 0.2) is 24.3 Å². The third-order valence-electron chi connectivity index (χ3n) is 4.24. The monoisotopic (exact) mass is 358 g/mol. The van der Waals surface area contributed by atoms with Gasteiger partial charge in [-0.25, -0.2) is 19.3 Å². The zero-order valence-corrected chi connectivity index (χ0v) is 15.0. The number of anilines is 3. The lowest BCUT2D eigenvalue weighted by Crippen LogP contribution is -2.44. The number of likely N-dealkylation sites (N-methyl/N-ethyl adjacent to an activating group) is 1. The lowest BCUT2D eigenvalue weighted by molar-refractivity contribution is 0.312. The minimum absolute atomic E-state index is 0.252. The van der Waals surface area contributed by atoms with Crippen molar-refractivity contribution in [2.75, 3.05) is 43.4 Å². The van der Waals surface area contributed by atoms with Gasteiger partial charge >= 0.3 is 0 Å². The quantitative estimate of drug-likeness (QED) is 0.777. The number of hydrogen-bond acceptors (Lipinski definition) is 7. The van der Waals surface area contributed by atoms with E-state index >= 15 is 0 Å². The highest BCUT2D eigenvalue weighted by Gasteiger charge is 2.17. The van der Waals surface area contributed by atoms with Crippen molar-refractivity contribution < 1.29 is 4.39 Å². The molecule has 2 aromatic heterocycles. The lowest BCUT2D eigenvalue weighted by atomic mass is 10.3. The first-order valence-electron chi connectivity index (χ1n) is 8.19. The zero-order valence-electron chi connectivity index (χ0n) is 14.2. The third-order valence-corrected chi connectivity index (χ3v) is 5.17. The number of halogens is 1. The Bertz CT molecular complexity index is 903. The van der Waals surface area contributed by atoms with Crippen LogP contribution in [0.2, 0.25) is 0 Å². The highest BCUT2D eigenvalue weighted by Crippen LogP contribution is 2.29. The molecule has 3 aromatic rings. The fraction of sp³-hybridized carbons (Fsp3) is 0.353. The molecule has 8 heteroatoms. The molecule has 1 saturated heterocycles. The van der Waals surface area contributed by atoms with E-state index in [4.69, 9.17) is 0 Å². The van der Waals surface area contributed by atoms with Gasteiger partial charge in [0.05, 0.1) is 10.2 Å². The fourth-order valence-corrected chi connectivity index (χ4v) is 3.77. The first-order valence-corrected chi connectivity index (χ1v) is 9.01. The molecule has 0 spiro atoms. The standard InChI is InChI=1S/C17H19FN6S/c1-11-19-15(10-16(20-11)24-7-5-23(2)6-8-24)22-17-21-13-4-3-12(18)9-14(13)25-17/h3-4,9-10H,5-8H2,1-2H3,(H,19,20,21,22). The molecule has 0 saturated carbocycles. The van der Waals surface area contributed by atoms with Gasteiger partial charge in [0, 0.05) is 32.2 Å². The van der Waals surface area contributed by atoms with Gasteiger partial charge in [-0.1, -0.05) is 11.3 Å². The van der Waals surface area contributed by atoms with Gasteiger partial charge in [0.15, 0.2) is 5.13 Å². The number of fused-ring (bicyclic) bond motifs is 1. The summed E-state index contributed by atoms with van der Waals surface area (Å²) in [5.41, 5.74) is 0.777. The molecule has 3 heterocycles. The molecule has 4 rings (SSSR count). The van der Waals surface area contributed by atoms with Gasteiger partial charge < -0.3 is 15.1 Å². The van der Waals surface area contributed by atoms with E-state index in [0.717, 1.165) is 42.2 Å². The Hall–Kier alpha value is -2.32. The Balaban J connectivity index is 1.59. The average Bonchev–Trinajstić information content (AvgIpc) is 2.96. The molecule has 0 aliphatic carbocycles. The summed E-state index contributed by atoms with van der Waals surface area (Å²) >= 11 is 1.41. The molecule has 1 aromatic carbocycles. The minimum Gasteiger partial charge on any atom is -0.354 e. The number of thiazole rings is 1. The number of hydrogen-bond donors (Lipinski definition) is 1. The van der Waals surface area contributed by atoms with Gasteiger partial charge in [0.25, 0.3) is 0 Å². The SMILES string of the molecule is Cc1nc(Nc2nc3ccc(F)cc3s2)cc(N2CCN(C)CC2)n1. The second-order valence-corrected chi connectivity index (χ2v) is 7.24. The van der Waals surface area contributed by atoms with Crippen LogP contribution in [0.1, 0.15) is 5.82 Å². The molecule has 0 radical (unpaired) electrons. The smallest absolute Gasteiger partial charge is 0.189 e. The van der Waals surface area contributed by atoms with Crippen LogP contribution in [0.5, 0.6) is 0 Å². The van der Waals surface area contributed by atoms with Gasteiger partial charge in [-0.05, 0) is 32.2 Å². The molecule has 0 atom stereocenters. The number of nitrogens with one attached hydrogen (secondary N) is 1. The first kappa shape index (κ1) is 16.2. The first-order chi connectivity index (χ1) is 12.1. The van der Waals surface area contributed by atoms with Gasteiger partial charge in [-0.3, -0.25) is 0 Å². The summed E-state index contributed by atoms with van der Waals surface area (Å²) in [6.07, 6.45) is 0. The summed E-state index contributed by atoms with van der Waals surface area (Å²) in [5, 5.41) is 3.94. The fourth-order valence-electron chi connectivity index (χ4n) is 2.87. The van der Waals surface area contributed by atoms with Crippen molar-refractivity contribution >= 4 is 38.3 Å². The van der Waals surface area contributed by atoms with Crippen molar-refractivity contribution in [3.8, 4) is 0 Å². The predicted octanol–water partition coefficient (Wildman–Crippen LogP) is 3.03. The maximum atomic E-state index is 13.3. The molecular weight excluding hydrogens is 339 g/mol. The van der Waals surface area contributed by atoms with Crippen LogP contribution in [-0.4, -0.2) is 53.1 Å². The molecule has 25 heavy (non-hydrogen) atoms. The van der Waals surface area contributed by atoms with E-state index in [1.54, 1.807) is 6.07 Å². The third kappa shape index (κ3) is 3.54. The number of aromatic nitrogens is 3. The Labute approximate surface area is 149 Å². The van der Waals surface area contributed by atoms with Crippen molar-refractivity contribution in [2.45, 2.75) is 6.92 Å². The largest absolute Gasteiger partial charge is 0.354 e. The van der Waals surface area contributed by atoms with E-state index in [-0.39, 0.29) is 5.82 Å². The molecule has 1 fully saturated rings. The van der Waals surface area contributed by atoms with Gasteiger partial charge in [-0.15, -0.1) is 0 Å². The summed E-state index contributed by atoms with van der Waals surface area (Å²) in [6.45, 7) is 5.84. The van der Waals surface area contributed by atoms with Crippen LogP contribution >= 0.6 is 11.3 Å². The topological polar surface area (TPSA) is 57.2 Å². The molecule has 1 aliphatic rings. The number of aryl methyl sites for hydroxylation is 1. The van der Waals surface area contributed by atoms with Crippen LogP contribution < -0.4 is 10.2 Å². The van der Waals surface area contributed by atoms with E-state index < -0.39 is 0 Å². The summed E-state index contributed by atoms with van der Waals surface area (Å²) in [6, 6.07) is 6.56. The predicted molar refractivity (Wildman–Crippen MR) is 99.3 cm³/mol. The second kappa shape index (κ2) is 6.53. The highest BCUT2D eigenvalue weighted by molar-refractivity contribution is 7.22. The van der Waals surface area contributed by atoms with Crippen molar-refractivity contribution in [1.82, 2.24) is 19.9 Å². The number of piperazine rings is 1. The van der Waals surface area contributed by atoms with E-state index in [1.165, 1.54) is 23.5 Å². The number of benzene rings is 1. The normalized spacial score (nSPS) is 15.7. The summed E-state index contributed by atoms with van der Waals surface area (Å²) < 4.78 is 14.2. The summed E-state index contributed by atoms with van der Waals surface area (Å²) in [7, 11) is 2.13. The lowest BCUT2D eigenvalue weighted by Gasteiger charge is -2.33. The molecule has 1 aliphatic heterocycles. The summed E-state index contributed by atoms with van der Waals surface area (Å²) in [5.74, 6) is 2.10. The Morgan fingerprint density at radius 1 is 1.08 bits per heavy atom. The van der Waals surface area contributed by atoms with Crippen molar-refractivity contribution in [2.24, 2.45) is 0 Å². The highest BCUT2D eigenvalue weighted by atomic mass is 32.1. The Morgan fingerprint density at radius 3 is 2.68 bits per heavy atom. The van der Waals surface area contributed by atoms with E-state index in [9.17, 15) is 4.39 Å². The second-order valence-electron chi connectivity index (χ2n) is 6.20. The Kier molecular flexibility index (Phi) is 4.22. The van der Waals surface area contributed by atoms with E-state index in [1.807, 2.05) is 13.0 Å². The van der Waals surface area contributed by atoms with E-state index in [0.29, 0.717) is 16.8 Å². The maximum Gasteiger partial charge on any atom is 0.189 e. The van der Waals surface area contributed by atoms with E-state index in [2.05, 4.69) is 37.1 Å². The van der Waals surface area contributed by atoms with Gasteiger partial charge in [0.2, 0.25) is 0 Å². The van der Waals surface area contributed by atoms with Crippen LogP contribution in [0.25, 0.3) is 10.2 Å². The minimum atomic E-state index is -0.252. The molecule has 0 unspecified atom stereocenters. The zero-order chi connectivity index (χ0) is 17.4. The van der Waals surface area contributed by atoms with Crippen LogP contribution in [0.3, 0.4) is 0 Å². The Morgan fingerprint density at radius 2 is 1.88 bits per heavy atom. The van der Waals surface area contributed by atoms with Crippen LogP contribution in [0, 0.1) is 12.7 Å². The maximum absolute atomic E-state index is 13.3. The summed E-state index contributed by atoms with van der Waals surface area (Å²) in [4.78, 5) is 18.1.